The summed E-state index contributed by atoms with van der Waals surface area (Å²) in [5, 5.41) is 2.95. The van der Waals surface area contributed by atoms with Gasteiger partial charge in [-0.2, -0.15) is 0 Å². The fourth-order valence-electron chi connectivity index (χ4n) is 2.18. The summed E-state index contributed by atoms with van der Waals surface area (Å²) < 4.78 is 0. The molecular formula is C17H26N2OS. The number of carbonyl (C=O) groups is 1. The lowest BCUT2D eigenvalue weighted by Gasteiger charge is -2.15. The molecule has 1 amide bonds. The molecule has 1 rings (SSSR count). The number of benzene rings is 1. The molecular weight excluding hydrogens is 280 g/mol. The van der Waals surface area contributed by atoms with Crippen molar-refractivity contribution < 1.29 is 4.79 Å². The highest BCUT2D eigenvalue weighted by atomic mass is 32.1. The third-order valence-corrected chi connectivity index (χ3v) is 3.73. The van der Waals surface area contributed by atoms with Gasteiger partial charge in [-0.25, -0.2) is 0 Å². The zero-order valence-electron chi connectivity index (χ0n) is 13.0. The minimum atomic E-state index is -0.424. The Labute approximate surface area is 133 Å². The highest BCUT2D eigenvalue weighted by Crippen LogP contribution is 2.10. The van der Waals surface area contributed by atoms with Gasteiger partial charge >= 0.3 is 0 Å². The molecule has 1 aromatic carbocycles. The Hall–Kier alpha value is -1.42. The molecule has 0 saturated heterocycles. The molecule has 0 aliphatic carbocycles. The van der Waals surface area contributed by atoms with Gasteiger partial charge in [-0.3, -0.25) is 4.79 Å². The summed E-state index contributed by atoms with van der Waals surface area (Å²) in [7, 11) is 0. The fraction of sp³-hybridized carbons (Fsp3) is 0.529. The number of thiocarbonyl (C=S) groups is 1. The number of nitrogens with two attached hydrogens (primary N) is 1. The Balaban J connectivity index is 2.41. The number of nitrogens with one attached hydrogen (secondary N) is 1. The van der Waals surface area contributed by atoms with Crippen LogP contribution in [0, 0.1) is 11.8 Å². The van der Waals surface area contributed by atoms with Crippen LogP contribution in [-0.4, -0.2) is 17.4 Å². The van der Waals surface area contributed by atoms with Gasteiger partial charge in [0.05, 0.1) is 10.9 Å². The maximum Gasteiger partial charge on any atom is 0.230 e. The summed E-state index contributed by atoms with van der Waals surface area (Å²) in [6.45, 7) is 5.11. The molecule has 0 aromatic heterocycles. The standard InChI is InChI=1S/C17H26N2OS/c1-13(2)8-6-7-11-19-17(20)15(16(18)21)12-14-9-4-3-5-10-14/h3-5,9-10,13,15H,6-8,11-12H2,1-2H3,(H2,18,21)(H,19,20). The van der Waals surface area contributed by atoms with Crippen LogP contribution in [0.5, 0.6) is 0 Å². The lowest BCUT2D eigenvalue weighted by atomic mass is 9.98. The number of rotatable bonds is 9. The fourth-order valence-corrected chi connectivity index (χ4v) is 2.38. The zero-order valence-corrected chi connectivity index (χ0v) is 13.8. The van der Waals surface area contributed by atoms with Crippen molar-refractivity contribution in [2.45, 2.75) is 39.5 Å². The minimum Gasteiger partial charge on any atom is -0.393 e. The van der Waals surface area contributed by atoms with Gasteiger partial charge in [-0.15, -0.1) is 0 Å². The van der Waals surface area contributed by atoms with E-state index in [1.54, 1.807) is 0 Å². The topological polar surface area (TPSA) is 55.1 Å². The van der Waals surface area contributed by atoms with Crippen LogP contribution in [0.3, 0.4) is 0 Å². The summed E-state index contributed by atoms with van der Waals surface area (Å²) in [5.41, 5.74) is 6.80. The highest BCUT2D eigenvalue weighted by Gasteiger charge is 2.21. The molecule has 4 heteroatoms. The smallest absolute Gasteiger partial charge is 0.230 e. The largest absolute Gasteiger partial charge is 0.393 e. The van der Waals surface area contributed by atoms with Crippen molar-refractivity contribution in [1.82, 2.24) is 5.32 Å². The third-order valence-electron chi connectivity index (χ3n) is 3.45. The number of amides is 1. The summed E-state index contributed by atoms with van der Waals surface area (Å²) in [6, 6.07) is 9.84. The molecule has 0 aliphatic heterocycles. The Kier molecular flexibility index (Phi) is 7.98. The first kappa shape index (κ1) is 17.6. The van der Waals surface area contributed by atoms with Crippen molar-refractivity contribution in [3.8, 4) is 0 Å². The van der Waals surface area contributed by atoms with E-state index >= 15 is 0 Å². The van der Waals surface area contributed by atoms with Gasteiger partial charge in [-0.1, -0.05) is 69.2 Å². The number of unbranched alkanes of at least 4 members (excludes halogenated alkanes) is 1. The highest BCUT2D eigenvalue weighted by molar-refractivity contribution is 7.80. The van der Waals surface area contributed by atoms with Crippen molar-refractivity contribution in [3.63, 3.8) is 0 Å². The van der Waals surface area contributed by atoms with Crippen molar-refractivity contribution >= 4 is 23.1 Å². The number of hydrogen-bond acceptors (Lipinski definition) is 2. The predicted molar refractivity (Wildman–Crippen MR) is 92.1 cm³/mol. The zero-order chi connectivity index (χ0) is 15.7. The van der Waals surface area contributed by atoms with Gasteiger partial charge in [0, 0.05) is 6.54 Å². The van der Waals surface area contributed by atoms with Crippen LogP contribution in [0.15, 0.2) is 30.3 Å². The average molecular weight is 306 g/mol. The quantitative estimate of drug-likeness (QED) is 0.544. The molecule has 1 unspecified atom stereocenters. The molecule has 0 bridgehead atoms. The molecule has 21 heavy (non-hydrogen) atoms. The Bertz CT molecular complexity index is 445. The lowest BCUT2D eigenvalue weighted by Crippen LogP contribution is -2.39. The maximum atomic E-state index is 12.2. The summed E-state index contributed by atoms with van der Waals surface area (Å²) in [5.74, 6) is 0.228. The monoisotopic (exact) mass is 306 g/mol. The second kappa shape index (κ2) is 9.50. The van der Waals surface area contributed by atoms with E-state index in [9.17, 15) is 4.79 Å². The van der Waals surface area contributed by atoms with Gasteiger partial charge in [0.25, 0.3) is 0 Å². The van der Waals surface area contributed by atoms with E-state index in [1.807, 2.05) is 30.3 Å². The van der Waals surface area contributed by atoms with Gasteiger partial charge in [-0.05, 0) is 24.3 Å². The molecule has 3 nitrogen and oxygen atoms in total. The van der Waals surface area contributed by atoms with Crippen LogP contribution in [0.25, 0.3) is 0 Å². The van der Waals surface area contributed by atoms with Gasteiger partial charge in [0.2, 0.25) is 5.91 Å². The normalized spacial score (nSPS) is 12.1. The van der Waals surface area contributed by atoms with E-state index in [-0.39, 0.29) is 10.9 Å². The Morgan fingerprint density at radius 3 is 2.48 bits per heavy atom. The second-order valence-corrected chi connectivity index (χ2v) is 6.30. The molecule has 3 N–H and O–H groups in total. The first-order valence-corrected chi connectivity index (χ1v) is 8.02. The van der Waals surface area contributed by atoms with E-state index in [1.165, 1.54) is 6.42 Å². The van der Waals surface area contributed by atoms with Gasteiger partial charge in [0.15, 0.2) is 0 Å². The van der Waals surface area contributed by atoms with Crippen LogP contribution in [-0.2, 0) is 11.2 Å². The van der Waals surface area contributed by atoms with E-state index in [0.29, 0.717) is 18.9 Å². The summed E-state index contributed by atoms with van der Waals surface area (Å²) in [4.78, 5) is 12.5. The van der Waals surface area contributed by atoms with Crippen molar-refractivity contribution in [2.24, 2.45) is 17.6 Å². The lowest BCUT2D eigenvalue weighted by molar-refractivity contribution is -0.122. The van der Waals surface area contributed by atoms with Crippen LogP contribution < -0.4 is 11.1 Å². The first-order chi connectivity index (χ1) is 10.0. The second-order valence-electron chi connectivity index (χ2n) is 5.83. The van der Waals surface area contributed by atoms with Crippen molar-refractivity contribution in [2.75, 3.05) is 6.54 Å². The van der Waals surface area contributed by atoms with Gasteiger partial charge in [0.1, 0.15) is 0 Å². The number of hydrogen-bond donors (Lipinski definition) is 2. The molecule has 0 saturated carbocycles. The summed E-state index contributed by atoms with van der Waals surface area (Å²) >= 11 is 5.05. The molecule has 1 atom stereocenters. The van der Waals surface area contributed by atoms with E-state index in [4.69, 9.17) is 18.0 Å². The average Bonchev–Trinajstić information content (AvgIpc) is 2.44. The first-order valence-electron chi connectivity index (χ1n) is 7.61. The molecule has 0 spiro atoms. The van der Waals surface area contributed by atoms with Gasteiger partial charge < -0.3 is 11.1 Å². The van der Waals surface area contributed by atoms with Crippen LogP contribution in [0.2, 0.25) is 0 Å². The third kappa shape index (κ3) is 7.23. The Morgan fingerprint density at radius 1 is 1.24 bits per heavy atom. The van der Waals surface area contributed by atoms with Crippen molar-refractivity contribution in [3.05, 3.63) is 35.9 Å². The molecule has 116 valence electrons. The van der Waals surface area contributed by atoms with E-state index in [2.05, 4.69) is 19.2 Å². The SMILES string of the molecule is CC(C)CCCCNC(=O)C(Cc1ccccc1)C(N)=S. The molecule has 0 heterocycles. The molecule has 0 radical (unpaired) electrons. The molecule has 1 aromatic rings. The maximum absolute atomic E-state index is 12.2. The summed E-state index contributed by atoms with van der Waals surface area (Å²) in [6.07, 6.45) is 3.89. The van der Waals surface area contributed by atoms with Crippen LogP contribution in [0.1, 0.15) is 38.7 Å². The van der Waals surface area contributed by atoms with Crippen LogP contribution in [0.4, 0.5) is 0 Å². The van der Waals surface area contributed by atoms with E-state index < -0.39 is 5.92 Å². The molecule has 0 aliphatic rings. The predicted octanol–water partition coefficient (Wildman–Crippen LogP) is 3.07. The molecule has 0 fully saturated rings. The minimum absolute atomic E-state index is 0.0594. The van der Waals surface area contributed by atoms with Crippen molar-refractivity contribution in [1.29, 1.82) is 0 Å². The van der Waals surface area contributed by atoms with E-state index in [0.717, 1.165) is 18.4 Å². The number of carbonyl (C=O) groups excluding carboxylic acids is 1. The Morgan fingerprint density at radius 2 is 1.90 bits per heavy atom. The van der Waals surface area contributed by atoms with Crippen LogP contribution >= 0.6 is 12.2 Å².